The number of nitrogens with one attached hydrogen (secondary N) is 2. The van der Waals surface area contributed by atoms with E-state index < -0.39 is 0 Å². The maximum atomic E-state index is 12.6. The van der Waals surface area contributed by atoms with Crippen molar-refractivity contribution in [1.82, 2.24) is 20.1 Å². The fraction of sp³-hybridized carbons (Fsp3) is 0.136. The molecule has 4 rings (SSSR count). The molecule has 2 aromatic heterocycles. The highest BCUT2D eigenvalue weighted by Crippen LogP contribution is 2.30. The summed E-state index contributed by atoms with van der Waals surface area (Å²) in [5, 5.41) is 8.12. The van der Waals surface area contributed by atoms with Crippen molar-refractivity contribution in [2.24, 2.45) is 7.05 Å². The van der Waals surface area contributed by atoms with Crippen LogP contribution >= 0.6 is 0 Å². The van der Waals surface area contributed by atoms with Gasteiger partial charge in [-0.05, 0) is 23.3 Å². The molecule has 2 aromatic carbocycles. The van der Waals surface area contributed by atoms with Gasteiger partial charge in [-0.2, -0.15) is 5.10 Å². The maximum Gasteiger partial charge on any atom is 0.271 e. The van der Waals surface area contributed by atoms with Gasteiger partial charge in [-0.3, -0.25) is 9.59 Å². The van der Waals surface area contributed by atoms with Gasteiger partial charge >= 0.3 is 0 Å². The number of carbonyl (C=O) groups excluding carboxylic acids is 1. The standard InChI is InChI=1S/C22H20N4O2/c1-26-21(27)12-11-20(25-26)22(28)24-13-17(15-7-3-2-4-8-15)18-14-23-19-10-6-5-9-16(18)19/h2-12,14,17,23H,13H2,1H3,(H,24,28)/t17-/m1/s1. The fourth-order valence-electron chi connectivity index (χ4n) is 3.38. The molecule has 0 radical (unpaired) electrons. The number of aryl methyl sites for hydroxylation is 1. The van der Waals surface area contributed by atoms with Crippen molar-refractivity contribution in [3.8, 4) is 0 Å². The lowest BCUT2D eigenvalue weighted by Crippen LogP contribution is -2.31. The molecule has 6 nitrogen and oxygen atoms in total. The summed E-state index contributed by atoms with van der Waals surface area (Å²) in [6, 6.07) is 21.0. The summed E-state index contributed by atoms with van der Waals surface area (Å²) < 4.78 is 1.16. The summed E-state index contributed by atoms with van der Waals surface area (Å²) in [5.74, 6) is -0.329. The Bertz CT molecular complexity index is 1180. The minimum atomic E-state index is -0.309. The number of para-hydroxylation sites is 1. The molecule has 0 aliphatic carbocycles. The van der Waals surface area contributed by atoms with Gasteiger partial charge in [0.25, 0.3) is 11.5 Å². The number of nitrogens with zero attached hydrogens (tertiary/aromatic N) is 2. The minimum absolute atomic E-state index is 0.0196. The van der Waals surface area contributed by atoms with Crippen molar-refractivity contribution in [3.63, 3.8) is 0 Å². The topological polar surface area (TPSA) is 79.8 Å². The first-order valence-corrected chi connectivity index (χ1v) is 9.07. The summed E-state index contributed by atoms with van der Waals surface area (Å²) in [7, 11) is 1.53. The number of fused-ring (bicyclic) bond motifs is 1. The number of aromatic nitrogens is 3. The Morgan fingerprint density at radius 1 is 1.07 bits per heavy atom. The minimum Gasteiger partial charge on any atom is -0.361 e. The highest BCUT2D eigenvalue weighted by molar-refractivity contribution is 5.92. The van der Waals surface area contributed by atoms with E-state index in [2.05, 4.69) is 33.6 Å². The van der Waals surface area contributed by atoms with Crippen LogP contribution in [0.15, 0.2) is 77.7 Å². The van der Waals surface area contributed by atoms with E-state index in [0.717, 1.165) is 26.7 Å². The summed E-state index contributed by atoms with van der Waals surface area (Å²) in [5.41, 5.74) is 3.26. The number of rotatable bonds is 5. The molecule has 2 heterocycles. The van der Waals surface area contributed by atoms with Crippen molar-refractivity contribution in [2.75, 3.05) is 6.54 Å². The lowest BCUT2D eigenvalue weighted by molar-refractivity contribution is 0.0945. The Balaban J connectivity index is 1.64. The molecule has 0 aliphatic heterocycles. The highest BCUT2D eigenvalue weighted by Gasteiger charge is 2.19. The Hall–Kier alpha value is -3.67. The van der Waals surface area contributed by atoms with Crippen LogP contribution in [-0.2, 0) is 7.05 Å². The number of H-pyrrole nitrogens is 1. The molecular formula is C22H20N4O2. The normalized spacial score (nSPS) is 12.0. The third-order valence-corrected chi connectivity index (χ3v) is 4.86. The van der Waals surface area contributed by atoms with Gasteiger partial charge in [0.15, 0.2) is 0 Å². The van der Waals surface area contributed by atoms with Gasteiger partial charge in [0.1, 0.15) is 5.69 Å². The first kappa shape index (κ1) is 17.7. The molecule has 2 N–H and O–H groups in total. The predicted molar refractivity (Wildman–Crippen MR) is 108 cm³/mol. The van der Waals surface area contributed by atoms with E-state index in [1.54, 1.807) is 0 Å². The molecular weight excluding hydrogens is 352 g/mol. The second kappa shape index (κ2) is 7.52. The zero-order valence-corrected chi connectivity index (χ0v) is 15.4. The molecule has 0 fully saturated rings. The van der Waals surface area contributed by atoms with Crippen molar-refractivity contribution in [1.29, 1.82) is 0 Å². The van der Waals surface area contributed by atoms with Gasteiger partial charge in [-0.1, -0.05) is 48.5 Å². The van der Waals surface area contributed by atoms with Crippen LogP contribution in [0.1, 0.15) is 27.5 Å². The van der Waals surface area contributed by atoms with Crippen molar-refractivity contribution < 1.29 is 4.79 Å². The Morgan fingerprint density at radius 2 is 1.82 bits per heavy atom. The van der Waals surface area contributed by atoms with Crippen LogP contribution in [0.25, 0.3) is 10.9 Å². The number of carbonyl (C=O) groups is 1. The molecule has 1 atom stereocenters. The van der Waals surface area contributed by atoms with E-state index in [4.69, 9.17) is 0 Å². The molecule has 0 unspecified atom stereocenters. The number of amides is 1. The molecule has 28 heavy (non-hydrogen) atoms. The van der Waals surface area contributed by atoms with E-state index in [1.165, 1.54) is 19.2 Å². The van der Waals surface area contributed by atoms with E-state index >= 15 is 0 Å². The van der Waals surface area contributed by atoms with Gasteiger partial charge in [0.05, 0.1) is 0 Å². The Morgan fingerprint density at radius 3 is 2.61 bits per heavy atom. The zero-order chi connectivity index (χ0) is 19.5. The van der Waals surface area contributed by atoms with Crippen molar-refractivity contribution in [2.45, 2.75) is 5.92 Å². The molecule has 0 saturated heterocycles. The summed E-state index contributed by atoms with van der Waals surface area (Å²) in [6.45, 7) is 0.412. The van der Waals surface area contributed by atoms with Crippen LogP contribution in [0, 0.1) is 0 Å². The van der Waals surface area contributed by atoms with Crippen LogP contribution in [0.4, 0.5) is 0 Å². The molecule has 0 spiro atoms. The lowest BCUT2D eigenvalue weighted by Gasteiger charge is -2.18. The Kier molecular flexibility index (Phi) is 4.76. The SMILES string of the molecule is Cn1nc(C(=O)NC[C@H](c2ccccc2)c2c[nH]c3ccccc23)ccc1=O. The summed E-state index contributed by atoms with van der Waals surface area (Å²) in [6.07, 6.45) is 2.00. The van der Waals surface area contributed by atoms with Gasteiger partial charge < -0.3 is 10.3 Å². The Labute approximate surface area is 161 Å². The van der Waals surface area contributed by atoms with Crippen LogP contribution in [0.3, 0.4) is 0 Å². The highest BCUT2D eigenvalue weighted by atomic mass is 16.2. The molecule has 1 amide bonds. The first-order chi connectivity index (χ1) is 13.6. The fourth-order valence-corrected chi connectivity index (χ4v) is 3.38. The number of hydrogen-bond acceptors (Lipinski definition) is 3. The number of hydrogen-bond donors (Lipinski definition) is 2. The van der Waals surface area contributed by atoms with Crippen LogP contribution < -0.4 is 10.9 Å². The van der Waals surface area contributed by atoms with E-state index in [9.17, 15) is 9.59 Å². The molecule has 4 aromatic rings. The molecule has 0 aliphatic rings. The second-order valence-corrected chi connectivity index (χ2v) is 6.64. The van der Waals surface area contributed by atoms with E-state index in [0.29, 0.717) is 6.54 Å². The predicted octanol–water partition coefficient (Wildman–Crippen LogP) is 2.82. The van der Waals surface area contributed by atoms with Crippen LogP contribution in [-0.4, -0.2) is 27.2 Å². The van der Waals surface area contributed by atoms with Gasteiger partial charge in [-0.25, -0.2) is 4.68 Å². The van der Waals surface area contributed by atoms with E-state index in [-0.39, 0.29) is 23.1 Å². The van der Waals surface area contributed by atoms with Crippen molar-refractivity contribution >= 4 is 16.8 Å². The summed E-state index contributed by atoms with van der Waals surface area (Å²) in [4.78, 5) is 27.4. The molecule has 6 heteroatoms. The van der Waals surface area contributed by atoms with E-state index in [1.807, 2.05) is 42.6 Å². The largest absolute Gasteiger partial charge is 0.361 e. The van der Waals surface area contributed by atoms with Gasteiger partial charge in [0, 0.05) is 42.7 Å². The third kappa shape index (κ3) is 3.44. The third-order valence-electron chi connectivity index (χ3n) is 4.86. The first-order valence-electron chi connectivity index (χ1n) is 9.07. The number of benzene rings is 2. The second-order valence-electron chi connectivity index (χ2n) is 6.64. The molecule has 0 bridgehead atoms. The average Bonchev–Trinajstić information content (AvgIpc) is 3.15. The smallest absolute Gasteiger partial charge is 0.271 e. The monoisotopic (exact) mass is 372 g/mol. The van der Waals surface area contributed by atoms with Crippen molar-refractivity contribution in [3.05, 3.63) is 100 Å². The van der Waals surface area contributed by atoms with Gasteiger partial charge in [0.2, 0.25) is 0 Å². The molecule has 140 valence electrons. The number of aromatic amines is 1. The zero-order valence-electron chi connectivity index (χ0n) is 15.4. The quantitative estimate of drug-likeness (QED) is 0.565. The van der Waals surface area contributed by atoms with Crippen LogP contribution in [0.5, 0.6) is 0 Å². The molecule has 0 saturated carbocycles. The lowest BCUT2D eigenvalue weighted by atomic mass is 9.91. The average molecular weight is 372 g/mol. The summed E-state index contributed by atoms with van der Waals surface area (Å²) >= 11 is 0. The van der Waals surface area contributed by atoms with Gasteiger partial charge in [-0.15, -0.1) is 0 Å². The van der Waals surface area contributed by atoms with Crippen LogP contribution in [0.2, 0.25) is 0 Å². The maximum absolute atomic E-state index is 12.6.